The van der Waals surface area contributed by atoms with Gasteiger partial charge < -0.3 is 10.5 Å². The first-order chi connectivity index (χ1) is 9.80. The average Bonchev–Trinajstić information content (AvgIpc) is 2.44. The minimum Gasteiger partial charge on any atom is -0.373 e. The van der Waals surface area contributed by atoms with Crippen molar-refractivity contribution in [3.63, 3.8) is 0 Å². The second kappa shape index (κ2) is 6.10. The fourth-order valence-corrected chi connectivity index (χ4v) is 3.44. The lowest BCUT2D eigenvalue weighted by atomic mass is 9.67. The Hall–Kier alpha value is -0.860. The van der Waals surface area contributed by atoms with Crippen LogP contribution in [0.3, 0.4) is 0 Å². The minimum atomic E-state index is -0.189. The third-order valence-corrected chi connectivity index (χ3v) is 5.34. The van der Waals surface area contributed by atoms with Crippen molar-refractivity contribution in [2.45, 2.75) is 71.9 Å². The highest BCUT2D eigenvalue weighted by atomic mass is 16.5. The Morgan fingerprint density at radius 2 is 1.71 bits per heavy atom. The molecule has 0 aliphatic heterocycles. The molecule has 1 atom stereocenters. The first-order valence-electron chi connectivity index (χ1n) is 8.26. The van der Waals surface area contributed by atoms with E-state index in [1.54, 1.807) is 0 Å². The van der Waals surface area contributed by atoms with Crippen LogP contribution in [-0.4, -0.2) is 12.2 Å². The van der Waals surface area contributed by atoms with Crippen molar-refractivity contribution < 1.29 is 4.74 Å². The number of hydrogen-bond acceptors (Lipinski definition) is 2. The molecule has 1 aromatic rings. The van der Waals surface area contributed by atoms with Crippen molar-refractivity contribution in [1.29, 1.82) is 0 Å². The molecule has 2 heteroatoms. The molecule has 1 aliphatic carbocycles. The zero-order chi connectivity index (χ0) is 15.7. The second-order valence-corrected chi connectivity index (χ2v) is 7.48. The van der Waals surface area contributed by atoms with E-state index in [9.17, 15) is 0 Å². The summed E-state index contributed by atoms with van der Waals surface area (Å²) in [7, 11) is 0. The first-order valence-corrected chi connectivity index (χ1v) is 8.26. The Morgan fingerprint density at radius 1 is 1.10 bits per heavy atom. The molecule has 0 spiro atoms. The molecular weight excluding hydrogens is 258 g/mol. The Morgan fingerprint density at radius 3 is 2.24 bits per heavy atom. The van der Waals surface area contributed by atoms with Gasteiger partial charge in [-0.2, -0.15) is 0 Å². The molecule has 2 nitrogen and oxygen atoms in total. The molecule has 1 fully saturated rings. The standard InChI is InChI=1S/C19H31NO/c1-6-21-19(11-9-18(4,5)10-12-19)17(20)16-8-7-14(2)15(3)13-16/h7-8,13,17H,6,9-12,20H2,1-5H3. The van der Waals surface area contributed by atoms with Crippen LogP contribution in [0.5, 0.6) is 0 Å². The molecule has 1 aromatic carbocycles. The summed E-state index contributed by atoms with van der Waals surface area (Å²) in [4.78, 5) is 0. The van der Waals surface area contributed by atoms with Crippen molar-refractivity contribution in [3.05, 3.63) is 34.9 Å². The van der Waals surface area contributed by atoms with E-state index in [4.69, 9.17) is 10.5 Å². The van der Waals surface area contributed by atoms with Gasteiger partial charge in [-0.15, -0.1) is 0 Å². The van der Waals surface area contributed by atoms with Gasteiger partial charge in [0.1, 0.15) is 0 Å². The molecule has 0 saturated heterocycles. The van der Waals surface area contributed by atoms with Crippen LogP contribution in [0.1, 0.15) is 69.2 Å². The Labute approximate surface area is 130 Å². The largest absolute Gasteiger partial charge is 0.373 e. The highest BCUT2D eigenvalue weighted by Crippen LogP contribution is 2.47. The Bertz CT molecular complexity index is 482. The molecule has 1 unspecified atom stereocenters. The smallest absolute Gasteiger partial charge is 0.0874 e. The molecule has 0 amide bonds. The fraction of sp³-hybridized carbons (Fsp3) is 0.684. The molecular formula is C19H31NO. The molecule has 1 saturated carbocycles. The molecule has 118 valence electrons. The summed E-state index contributed by atoms with van der Waals surface area (Å²) in [6.45, 7) is 11.8. The molecule has 2 N–H and O–H groups in total. The van der Waals surface area contributed by atoms with Crippen LogP contribution >= 0.6 is 0 Å². The molecule has 0 heterocycles. The zero-order valence-corrected chi connectivity index (χ0v) is 14.3. The van der Waals surface area contributed by atoms with Crippen molar-refractivity contribution in [2.24, 2.45) is 11.1 Å². The summed E-state index contributed by atoms with van der Waals surface area (Å²) in [5, 5.41) is 0. The summed E-state index contributed by atoms with van der Waals surface area (Å²) in [6.07, 6.45) is 4.49. The molecule has 1 aliphatic rings. The number of ether oxygens (including phenoxy) is 1. The van der Waals surface area contributed by atoms with Gasteiger partial charge in [-0.3, -0.25) is 0 Å². The molecule has 0 radical (unpaired) electrons. The van der Waals surface area contributed by atoms with Crippen molar-refractivity contribution in [1.82, 2.24) is 0 Å². The van der Waals surface area contributed by atoms with Gasteiger partial charge in [0.25, 0.3) is 0 Å². The first kappa shape index (κ1) is 16.5. The van der Waals surface area contributed by atoms with E-state index in [1.165, 1.54) is 29.5 Å². The van der Waals surface area contributed by atoms with E-state index in [0.29, 0.717) is 5.41 Å². The van der Waals surface area contributed by atoms with E-state index in [0.717, 1.165) is 19.4 Å². The van der Waals surface area contributed by atoms with Crippen LogP contribution in [0.4, 0.5) is 0 Å². The Kier molecular flexibility index (Phi) is 4.79. The normalized spacial score (nSPS) is 22.0. The lowest BCUT2D eigenvalue weighted by Crippen LogP contribution is -2.48. The van der Waals surface area contributed by atoms with Crippen molar-refractivity contribution >= 4 is 0 Å². The summed E-state index contributed by atoms with van der Waals surface area (Å²) in [6, 6.07) is 6.55. The third kappa shape index (κ3) is 3.49. The van der Waals surface area contributed by atoms with Gasteiger partial charge >= 0.3 is 0 Å². The number of aryl methyl sites for hydroxylation is 2. The SMILES string of the molecule is CCOC1(C(N)c2ccc(C)c(C)c2)CCC(C)(C)CC1. The van der Waals surface area contributed by atoms with Crippen LogP contribution in [0, 0.1) is 19.3 Å². The maximum atomic E-state index is 6.67. The monoisotopic (exact) mass is 289 g/mol. The highest BCUT2D eigenvalue weighted by molar-refractivity contribution is 5.33. The quantitative estimate of drug-likeness (QED) is 0.873. The molecule has 2 rings (SSSR count). The van der Waals surface area contributed by atoms with Crippen LogP contribution in [0.15, 0.2) is 18.2 Å². The topological polar surface area (TPSA) is 35.2 Å². The van der Waals surface area contributed by atoms with Crippen LogP contribution in [0.25, 0.3) is 0 Å². The third-order valence-electron chi connectivity index (χ3n) is 5.34. The predicted molar refractivity (Wildman–Crippen MR) is 89.5 cm³/mol. The average molecular weight is 289 g/mol. The zero-order valence-electron chi connectivity index (χ0n) is 14.3. The van der Waals surface area contributed by atoms with Crippen molar-refractivity contribution in [2.75, 3.05) is 6.61 Å². The van der Waals surface area contributed by atoms with E-state index < -0.39 is 0 Å². The summed E-state index contributed by atoms with van der Waals surface area (Å²) in [5.41, 5.74) is 10.8. The van der Waals surface area contributed by atoms with Crippen molar-refractivity contribution in [3.8, 4) is 0 Å². The molecule has 0 aromatic heterocycles. The second-order valence-electron chi connectivity index (χ2n) is 7.48. The number of nitrogens with two attached hydrogens (primary N) is 1. The summed E-state index contributed by atoms with van der Waals surface area (Å²) in [5.74, 6) is 0. The molecule has 0 bridgehead atoms. The number of rotatable bonds is 4. The number of benzene rings is 1. The predicted octanol–water partition coefficient (Wildman–Crippen LogP) is 4.68. The van der Waals surface area contributed by atoms with Crippen LogP contribution < -0.4 is 5.73 Å². The lowest BCUT2D eigenvalue weighted by molar-refractivity contribution is -0.100. The minimum absolute atomic E-state index is 0.0344. The summed E-state index contributed by atoms with van der Waals surface area (Å²) >= 11 is 0. The number of hydrogen-bond donors (Lipinski definition) is 1. The maximum Gasteiger partial charge on any atom is 0.0874 e. The van der Waals surface area contributed by atoms with E-state index >= 15 is 0 Å². The van der Waals surface area contributed by atoms with Gasteiger partial charge in [-0.1, -0.05) is 32.0 Å². The summed E-state index contributed by atoms with van der Waals surface area (Å²) < 4.78 is 6.23. The van der Waals surface area contributed by atoms with Gasteiger partial charge in [-0.05, 0) is 68.6 Å². The van der Waals surface area contributed by atoms with E-state index in [2.05, 4.69) is 52.8 Å². The van der Waals surface area contributed by atoms with Crippen LogP contribution in [-0.2, 0) is 4.74 Å². The molecule has 21 heavy (non-hydrogen) atoms. The van der Waals surface area contributed by atoms with E-state index in [-0.39, 0.29) is 11.6 Å². The van der Waals surface area contributed by atoms with Gasteiger partial charge in [0.15, 0.2) is 0 Å². The maximum absolute atomic E-state index is 6.67. The van der Waals surface area contributed by atoms with Crippen LogP contribution in [0.2, 0.25) is 0 Å². The lowest BCUT2D eigenvalue weighted by Gasteiger charge is -2.46. The van der Waals surface area contributed by atoms with E-state index in [1.807, 2.05) is 0 Å². The fourth-order valence-electron chi connectivity index (χ4n) is 3.44. The highest BCUT2D eigenvalue weighted by Gasteiger charge is 2.43. The van der Waals surface area contributed by atoms with Gasteiger partial charge in [0, 0.05) is 6.61 Å². The van der Waals surface area contributed by atoms with Gasteiger partial charge in [0.2, 0.25) is 0 Å². The Balaban J connectivity index is 2.27. The van der Waals surface area contributed by atoms with Gasteiger partial charge in [0.05, 0.1) is 11.6 Å². The van der Waals surface area contributed by atoms with Gasteiger partial charge in [-0.25, -0.2) is 0 Å².